The maximum Gasteiger partial charge on any atom is 0.461 e. The number of alkyl halides is 4. The number of likely N-dealkylation sites (tertiary alicyclic amines) is 1. The van der Waals surface area contributed by atoms with Gasteiger partial charge < -0.3 is 19.8 Å². The van der Waals surface area contributed by atoms with E-state index < -0.39 is 36.4 Å². The second kappa shape index (κ2) is 6.71. The molecule has 1 saturated heterocycles. The normalized spacial score (nSPS) is 22.3. The number of aliphatic hydroxyl groups is 2. The van der Waals surface area contributed by atoms with Crippen molar-refractivity contribution in [3.63, 3.8) is 0 Å². The van der Waals surface area contributed by atoms with Gasteiger partial charge >= 0.3 is 12.5 Å². The van der Waals surface area contributed by atoms with Crippen molar-refractivity contribution in [3.8, 4) is 5.75 Å². The molecule has 1 aliphatic heterocycles. The van der Waals surface area contributed by atoms with Crippen LogP contribution < -0.4 is 4.74 Å². The van der Waals surface area contributed by atoms with Gasteiger partial charge in [0.05, 0.1) is 17.8 Å². The topological polar surface area (TPSA) is 70.0 Å². The molecule has 0 aliphatic carbocycles. The number of β-amino-alcohol motifs (C(OH)–C–C–N with tert-alkyl or cyclic N) is 2. The van der Waals surface area contributed by atoms with E-state index in [4.69, 9.17) is 0 Å². The number of benzene rings is 1. The number of amides is 1. The first-order valence-corrected chi connectivity index (χ1v) is 6.80. The Balaban J connectivity index is 2.24. The highest BCUT2D eigenvalue weighted by Gasteiger charge is 2.44. The Labute approximate surface area is 129 Å². The van der Waals surface area contributed by atoms with Crippen LogP contribution in [-0.4, -0.2) is 58.9 Å². The Morgan fingerprint density at radius 3 is 2.35 bits per heavy atom. The lowest BCUT2D eigenvalue weighted by atomic mass is 10.0. The third-order valence-electron chi connectivity index (χ3n) is 3.31. The summed E-state index contributed by atoms with van der Waals surface area (Å²) in [6, 6.07) is 4.73. The second-order valence-electron chi connectivity index (χ2n) is 5.21. The van der Waals surface area contributed by atoms with Gasteiger partial charge in [0.25, 0.3) is 5.91 Å². The number of nitrogens with zero attached hydrogens (tertiary/aromatic N) is 1. The number of rotatable bonds is 4. The summed E-state index contributed by atoms with van der Waals surface area (Å²) >= 11 is 0. The van der Waals surface area contributed by atoms with Gasteiger partial charge in [-0.3, -0.25) is 4.79 Å². The van der Waals surface area contributed by atoms with Crippen LogP contribution >= 0.6 is 0 Å². The number of para-hydroxylation sites is 1. The number of hydrogen-bond donors (Lipinski definition) is 2. The highest BCUT2D eigenvalue weighted by molar-refractivity contribution is 5.97. The van der Waals surface area contributed by atoms with Crippen LogP contribution in [0.4, 0.5) is 17.6 Å². The third-order valence-corrected chi connectivity index (χ3v) is 3.31. The Kier molecular flexibility index (Phi) is 5.10. The molecule has 1 aromatic rings. The van der Waals surface area contributed by atoms with E-state index in [1.165, 1.54) is 12.1 Å². The fourth-order valence-electron chi connectivity index (χ4n) is 2.31. The van der Waals surface area contributed by atoms with Gasteiger partial charge in [-0.05, 0) is 12.1 Å². The summed E-state index contributed by atoms with van der Waals surface area (Å²) in [5, 5.41) is 19.1. The van der Waals surface area contributed by atoms with Gasteiger partial charge in [-0.15, -0.1) is 0 Å². The van der Waals surface area contributed by atoms with Gasteiger partial charge in [0.1, 0.15) is 5.75 Å². The molecular weight excluding hydrogens is 322 g/mol. The molecule has 1 aliphatic rings. The molecule has 2 atom stereocenters. The fourth-order valence-corrected chi connectivity index (χ4v) is 2.31. The van der Waals surface area contributed by atoms with Gasteiger partial charge in [0, 0.05) is 19.5 Å². The average molecular weight is 337 g/mol. The molecule has 0 spiro atoms. The van der Waals surface area contributed by atoms with Gasteiger partial charge in [-0.1, -0.05) is 12.1 Å². The van der Waals surface area contributed by atoms with E-state index >= 15 is 0 Å². The molecule has 1 fully saturated rings. The molecule has 1 aromatic carbocycles. The largest absolute Gasteiger partial charge is 0.461 e. The summed E-state index contributed by atoms with van der Waals surface area (Å²) in [6.45, 7) is -0.203. The van der Waals surface area contributed by atoms with Crippen molar-refractivity contribution in [2.75, 3.05) is 13.1 Å². The highest BCUT2D eigenvalue weighted by Crippen LogP contribution is 2.30. The summed E-state index contributed by atoms with van der Waals surface area (Å²) in [4.78, 5) is 13.4. The molecule has 23 heavy (non-hydrogen) atoms. The number of ether oxygens (including phenoxy) is 1. The maximum absolute atomic E-state index is 13.1. The Morgan fingerprint density at radius 2 is 1.78 bits per heavy atom. The molecule has 1 amide bonds. The van der Waals surface area contributed by atoms with Crippen LogP contribution in [0.15, 0.2) is 24.3 Å². The van der Waals surface area contributed by atoms with Crippen molar-refractivity contribution in [2.45, 2.75) is 31.2 Å². The summed E-state index contributed by atoms with van der Waals surface area (Å²) in [6.07, 6.45) is -10.6. The summed E-state index contributed by atoms with van der Waals surface area (Å²) < 4.78 is 54.6. The van der Waals surface area contributed by atoms with Gasteiger partial charge in [-0.25, -0.2) is 0 Å². The molecule has 2 N–H and O–H groups in total. The number of hydrogen-bond acceptors (Lipinski definition) is 4. The number of carbonyl (C=O) groups excluding carboxylic acids is 1. The van der Waals surface area contributed by atoms with Crippen molar-refractivity contribution in [1.29, 1.82) is 0 Å². The van der Waals surface area contributed by atoms with E-state index in [0.29, 0.717) is 0 Å². The molecule has 128 valence electrons. The minimum atomic E-state index is -4.74. The lowest BCUT2D eigenvalue weighted by molar-refractivity contribution is -0.253. The zero-order valence-electron chi connectivity index (χ0n) is 11.8. The van der Waals surface area contributed by atoms with E-state index in [2.05, 4.69) is 4.74 Å². The molecule has 0 bridgehead atoms. The van der Waals surface area contributed by atoms with Crippen molar-refractivity contribution in [1.82, 2.24) is 4.90 Å². The minimum absolute atomic E-state index is 0.0887. The minimum Gasteiger partial charge on any atom is -0.427 e. The summed E-state index contributed by atoms with van der Waals surface area (Å²) in [5.41, 5.74) is -0.353. The van der Waals surface area contributed by atoms with E-state index in [1.54, 1.807) is 0 Å². The van der Waals surface area contributed by atoms with E-state index in [9.17, 15) is 32.6 Å². The molecule has 0 radical (unpaired) electrons. The molecule has 0 unspecified atom stereocenters. The second-order valence-corrected chi connectivity index (χ2v) is 5.21. The lowest BCUT2D eigenvalue weighted by Gasteiger charge is -2.33. The SMILES string of the molecule is O=C(c1ccccc1OC(F)(F)C(F)F)N1C[C@H](O)C[C@@H](O)C1. The van der Waals surface area contributed by atoms with Crippen LogP contribution in [-0.2, 0) is 0 Å². The monoisotopic (exact) mass is 337 g/mol. The Morgan fingerprint density at radius 1 is 1.22 bits per heavy atom. The number of carbonyl (C=O) groups is 1. The summed E-state index contributed by atoms with van der Waals surface area (Å²) in [7, 11) is 0. The molecule has 0 saturated carbocycles. The van der Waals surface area contributed by atoms with Crippen LogP contribution in [0.3, 0.4) is 0 Å². The van der Waals surface area contributed by atoms with Crippen LogP contribution in [0.25, 0.3) is 0 Å². The Hall–Kier alpha value is -1.87. The zero-order chi connectivity index (χ0) is 17.2. The number of aliphatic hydroxyl groups excluding tert-OH is 2. The van der Waals surface area contributed by atoms with Crippen molar-refractivity contribution in [2.24, 2.45) is 0 Å². The maximum atomic E-state index is 13.1. The lowest BCUT2D eigenvalue weighted by Crippen LogP contribution is -2.48. The van der Waals surface area contributed by atoms with Crippen molar-refractivity contribution in [3.05, 3.63) is 29.8 Å². The standard InChI is InChI=1S/C14H15F4NO4/c15-13(16)14(17,18)23-11-4-2-1-3-10(11)12(22)19-6-8(20)5-9(21)7-19/h1-4,8-9,13,20-21H,5-7H2/t8-,9-/m1/s1. The van der Waals surface area contributed by atoms with Gasteiger partial charge in [0.15, 0.2) is 0 Å². The van der Waals surface area contributed by atoms with Crippen LogP contribution in [0.5, 0.6) is 5.75 Å². The molecule has 9 heteroatoms. The molecule has 0 aromatic heterocycles. The highest BCUT2D eigenvalue weighted by atomic mass is 19.3. The third kappa shape index (κ3) is 4.11. The van der Waals surface area contributed by atoms with Crippen LogP contribution in [0, 0.1) is 0 Å². The predicted molar refractivity (Wildman–Crippen MR) is 70.6 cm³/mol. The number of piperidine rings is 1. The van der Waals surface area contributed by atoms with Crippen LogP contribution in [0.1, 0.15) is 16.8 Å². The van der Waals surface area contributed by atoms with Crippen molar-refractivity contribution < 1.29 is 37.3 Å². The molecule has 2 rings (SSSR count). The first-order chi connectivity index (χ1) is 10.7. The van der Waals surface area contributed by atoms with E-state index in [0.717, 1.165) is 17.0 Å². The predicted octanol–water partition coefficient (Wildman–Crippen LogP) is 1.49. The first kappa shape index (κ1) is 17.5. The molecule has 1 heterocycles. The van der Waals surface area contributed by atoms with Crippen molar-refractivity contribution >= 4 is 5.91 Å². The molecule has 5 nitrogen and oxygen atoms in total. The quantitative estimate of drug-likeness (QED) is 0.817. The summed E-state index contributed by atoms with van der Waals surface area (Å²) in [5.74, 6) is -1.50. The average Bonchev–Trinajstić information content (AvgIpc) is 2.45. The van der Waals surface area contributed by atoms with E-state index in [-0.39, 0.29) is 25.1 Å². The van der Waals surface area contributed by atoms with Crippen LogP contribution in [0.2, 0.25) is 0 Å². The van der Waals surface area contributed by atoms with E-state index in [1.807, 2.05) is 0 Å². The molecular formula is C14H15F4NO4. The first-order valence-electron chi connectivity index (χ1n) is 6.80. The fraction of sp³-hybridized carbons (Fsp3) is 0.500. The van der Waals surface area contributed by atoms with Gasteiger partial charge in [-0.2, -0.15) is 17.6 Å². The number of halogens is 4. The Bertz CT molecular complexity index is 559. The smallest absolute Gasteiger partial charge is 0.427 e. The zero-order valence-corrected chi connectivity index (χ0v) is 11.8. The van der Waals surface area contributed by atoms with Gasteiger partial charge in [0.2, 0.25) is 0 Å².